The third-order valence-electron chi connectivity index (χ3n) is 5.12. The molecule has 1 N–H and O–H groups in total. The van der Waals surface area contributed by atoms with E-state index in [4.69, 9.17) is 4.74 Å². The number of carbonyl (C=O) groups is 2. The maximum absolute atomic E-state index is 12.2. The fourth-order valence-electron chi connectivity index (χ4n) is 3.17. The highest BCUT2D eigenvalue weighted by Gasteiger charge is 2.13. The summed E-state index contributed by atoms with van der Waals surface area (Å²) in [6.45, 7) is 3.53. The van der Waals surface area contributed by atoms with Crippen molar-refractivity contribution in [3.8, 4) is 22.4 Å². The molecule has 6 heteroatoms. The van der Waals surface area contributed by atoms with E-state index in [1.807, 2.05) is 55.6 Å². The van der Waals surface area contributed by atoms with Crippen LogP contribution >= 0.6 is 11.3 Å². The summed E-state index contributed by atoms with van der Waals surface area (Å²) in [7, 11) is 0. The number of nitrogens with zero attached hydrogens (tertiary/aromatic N) is 1. The van der Waals surface area contributed by atoms with Crippen molar-refractivity contribution in [2.45, 2.75) is 13.8 Å². The molecule has 1 heterocycles. The van der Waals surface area contributed by atoms with Crippen molar-refractivity contribution in [2.75, 3.05) is 11.9 Å². The number of thiazole rings is 1. The van der Waals surface area contributed by atoms with Gasteiger partial charge in [0.25, 0.3) is 5.91 Å². The lowest BCUT2D eigenvalue weighted by molar-refractivity contribution is -0.119. The number of benzene rings is 3. The number of anilines is 1. The van der Waals surface area contributed by atoms with Crippen molar-refractivity contribution < 1.29 is 14.3 Å². The molecule has 3 aromatic carbocycles. The first-order valence-corrected chi connectivity index (χ1v) is 11.0. The number of ether oxygens (including phenoxy) is 1. The first-order chi connectivity index (χ1) is 15.5. The van der Waals surface area contributed by atoms with E-state index < -0.39 is 11.9 Å². The highest BCUT2D eigenvalue weighted by molar-refractivity contribution is 7.14. The van der Waals surface area contributed by atoms with Gasteiger partial charge in [-0.25, -0.2) is 9.78 Å². The van der Waals surface area contributed by atoms with E-state index in [1.54, 1.807) is 12.1 Å². The van der Waals surface area contributed by atoms with Crippen LogP contribution in [0.25, 0.3) is 22.4 Å². The molecule has 32 heavy (non-hydrogen) atoms. The Kier molecular flexibility index (Phi) is 6.42. The van der Waals surface area contributed by atoms with Gasteiger partial charge in [0, 0.05) is 10.9 Å². The van der Waals surface area contributed by atoms with Gasteiger partial charge in [0.05, 0.1) is 11.3 Å². The number of carbonyl (C=O) groups excluding carboxylic acids is 2. The van der Waals surface area contributed by atoms with Crippen LogP contribution in [-0.4, -0.2) is 23.5 Å². The molecular weight excluding hydrogens is 420 g/mol. The summed E-state index contributed by atoms with van der Waals surface area (Å²) in [5.41, 5.74) is 6.53. The zero-order valence-electron chi connectivity index (χ0n) is 17.8. The number of nitrogens with one attached hydrogen (secondary N) is 1. The number of aromatic nitrogens is 1. The van der Waals surface area contributed by atoms with Gasteiger partial charge in [-0.15, -0.1) is 11.3 Å². The van der Waals surface area contributed by atoms with Crippen molar-refractivity contribution in [2.24, 2.45) is 0 Å². The highest BCUT2D eigenvalue weighted by Crippen LogP contribution is 2.27. The van der Waals surface area contributed by atoms with Crippen molar-refractivity contribution in [3.63, 3.8) is 0 Å². The van der Waals surface area contributed by atoms with E-state index in [1.165, 1.54) is 11.3 Å². The monoisotopic (exact) mass is 442 g/mol. The molecule has 0 spiro atoms. The molecule has 1 aromatic heterocycles. The van der Waals surface area contributed by atoms with Gasteiger partial charge in [0.15, 0.2) is 11.7 Å². The zero-order chi connectivity index (χ0) is 22.5. The molecule has 4 rings (SSSR count). The second kappa shape index (κ2) is 9.58. The molecule has 0 radical (unpaired) electrons. The summed E-state index contributed by atoms with van der Waals surface area (Å²) < 4.78 is 5.13. The molecule has 0 unspecified atom stereocenters. The Labute approximate surface area is 190 Å². The van der Waals surface area contributed by atoms with Gasteiger partial charge in [-0.3, -0.25) is 10.1 Å². The van der Waals surface area contributed by atoms with Gasteiger partial charge >= 0.3 is 5.97 Å². The molecule has 0 saturated carbocycles. The Balaban J connectivity index is 1.34. The summed E-state index contributed by atoms with van der Waals surface area (Å²) in [5, 5.41) is 5.03. The predicted molar refractivity (Wildman–Crippen MR) is 128 cm³/mol. The van der Waals surface area contributed by atoms with Gasteiger partial charge in [0.2, 0.25) is 0 Å². The van der Waals surface area contributed by atoms with E-state index in [2.05, 4.69) is 34.6 Å². The molecule has 0 aliphatic heterocycles. The largest absolute Gasteiger partial charge is 0.452 e. The minimum Gasteiger partial charge on any atom is -0.452 e. The van der Waals surface area contributed by atoms with Crippen LogP contribution in [0.5, 0.6) is 0 Å². The topological polar surface area (TPSA) is 68.3 Å². The number of amides is 1. The second-order valence-electron chi connectivity index (χ2n) is 7.40. The molecular formula is C26H22N2O3S. The molecule has 160 valence electrons. The Morgan fingerprint density at radius 2 is 1.56 bits per heavy atom. The normalized spacial score (nSPS) is 10.6. The van der Waals surface area contributed by atoms with Crippen LogP contribution in [0.15, 0.2) is 78.2 Å². The molecule has 0 atom stereocenters. The Hall–Kier alpha value is -3.77. The molecule has 0 fully saturated rings. The van der Waals surface area contributed by atoms with Crippen LogP contribution in [-0.2, 0) is 9.53 Å². The Morgan fingerprint density at radius 3 is 2.28 bits per heavy atom. The third-order valence-corrected chi connectivity index (χ3v) is 5.87. The Bertz CT molecular complexity index is 1250. The number of hydrogen-bond donors (Lipinski definition) is 1. The maximum Gasteiger partial charge on any atom is 0.338 e. The van der Waals surface area contributed by atoms with Crippen molar-refractivity contribution in [1.29, 1.82) is 0 Å². The van der Waals surface area contributed by atoms with Gasteiger partial charge in [-0.1, -0.05) is 60.7 Å². The number of esters is 1. The second-order valence-corrected chi connectivity index (χ2v) is 8.26. The summed E-state index contributed by atoms with van der Waals surface area (Å²) in [6.07, 6.45) is 0. The quantitative estimate of drug-likeness (QED) is 0.378. The molecule has 4 aromatic rings. The van der Waals surface area contributed by atoms with E-state index in [-0.39, 0.29) is 6.61 Å². The number of rotatable bonds is 6. The van der Waals surface area contributed by atoms with Crippen LogP contribution in [0.2, 0.25) is 0 Å². The SMILES string of the molecule is Cc1ccc(C(=O)OCC(=O)Nc2nc(-c3ccc(-c4ccccc4)cc3)cs2)cc1C. The summed E-state index contributed by atoms with van der Waals surface area (Å²) >= 11 is 1.32. The van der Waals surface area contributed by atoms with Gasteiger partial charge in [0.1, 0.15) is 0 Å². The first kappa shape index (κ1) is 21.5. The van der Waals surface area contributed by atoms with E-state index in [0.29, 0.717) is 10.7 Å². The van der Waals surface area contributed by atoms with Crippen LogP contribution in [0, 0.1) is 13.8 Å². The van der Waals surface area contributed by atoms with Crippen LogP contribution in [0.1, 0.15) is 21.5 Å². The minimum atomic E-state index is -0.526. The molecule has 0 saturated heterocycles. The molecule has 0 aliphatic rings. The third kappa shape index (κ3) is 5.10. The molecule has 0 bridgehead atoms. The van der Waals surface area contributed by atoms with Crippen LogP contribution in [0.3, 0.4) is 0 Å². The number of aryl methyl sites for hydroxylation is 2. The van der Waals surface area contributed by atoms with Crippen LogP contribution < -0.4 is 5.32 Å². The van der Waals surface area contributed by atoms with Gasteiger partial charge in [-0.05, 0) is 48.2 Å². The average Bonchev–Trinajstić information content (AvgIpc) is 3.28. The maximum atomic E-state index is 12.2. The first-order valence-electron chi connectivity index (χ1n) is 10.2. The number of hydrogen-bond acceptors (Lipinski definition) is 5. The molecule has 1 amide bonds. The molecule has 0 aliphatic carbocycles. The fourth-order valence-corrected chi connectivity index (χ4v) is 3.90. The summed E-state index contributed by atoms with van der Waals surface area (Å²) in [6, 6.07) is 23.6. The van der Waals surface area contributed by atoms with Gasteiger partial charge < -0.3 is 4.74 Å². The zero-order valence-corrected chi connectivity index (χ0v) is 18.6. The van der Waals surface area contributed by atoms with Crippen LogP contribution in [0.4, 0.5) is 5.13 Å². The van der Waals surface area contributed by atoms with Crippen molar-refractivity contribution >= 4 is 28.3 Å². The van der Waals surface area contributed by atoms with Crippen molar-refractivity contribution in [1.82, 2.24) is 4.98 Å². The highest BCUT2D eigenvalue weighted by atomic mass is 32.1. The summed E-state index contributed by atoms with van der Waals surface area (Å²) in [4.78, 5) is 28.8. The van der Waals surface area contributed by atoms with E-state index in [9.17, 15) is 9.59 Å². The molecule has 5 nitrogen and oxygen atoms in total. The van der Waals surface area contributed by atoms with E-state index in [0.717, 1.165) is 33.5 Å². The lowest BCUT2D eigenvalue weighted by Gasteiger charge is -2.06. The smallest absolute Gasteiger partial charge is 0.338 e. The van der Waals surface area contributed by atoms with E-state index >= 15 is 0 Å². The lowest BCUT2D eigenvalue weighted by Crippen LogP contribution is -2.20. The van der Waals surface area contributed by atoms with Crippen molar-refractivity contribution in [3.05, 3.63) is 94.9 Å². The predicted octanol–water partition coefficient (Wildman–Crippen LogP) is 5.89. The minimum absolute atomic E-state index is 0.369. The summed E-state index contributed by atoms with van der Waals surface area (Å²) in [5.74, 6) is -0.955. The lowest BCUT2D eigenvalue weighted by atomic mass is 10.0. The van der Waals surface area contributed by atoms with Gasteiger partial charge in [-0.2, -0.15) is 0 Å². The fraction of sp³-hybridized carbons (Fsp3) is 0.115. The standard InChI is InChI=1S/C26H22N2O3S/c1-17-8-9-22(14-18(17)2)25(30)31-15-24(29)28-26-27-23(16-32-26)21-12-10-20(11-13-21)19-6-4-3-5-7-19/h3-14,16H,15H2,1-2H3,(H,27,28,29). The Morgan fingerprint density at radius 1 is 0.875 bits per heavy atom. The average molecular weight is 443 g/mol.